The fourth-order valence-corrected chi connectivity index (χ4v) is 6.85. The van der Waals surface area contributed by atoms with Crippen LogP contribution in [0, 0.1) is 10.8 Å². The van der Waals surface area contributed by atoms with Gasteiger partial charge in [-0.05, 0) is 71.1 Å². The lowest BCUT2D eigenvalue weighted by Gasteiger charge is -2.54. The number of piperidine rings is 1. The number of aliphatic hydroxyl groups is 1. The molecule has 4 aliphatic rings. The van der Waals surface area contributed by atoms with E-state index < -0.39 is 11.2 Å². The fourth-order valence-electron chi connectivity index (χ4n) is 6.85. The van der Waals surface area contributed by atoms with Crippen LogP contribution in [-0.4, -0.2) is 88.3 Å². The van der Waals surface area contributed by atoms with Crippen molar-refractivity contribution in [2.75, 3.05) is 39.3 Å². The molecule has 0 bridgehead atoms. The summed E-state index contributed by atoms with van der Waals surface area (Å²) >= 11 is 0. The Balaban J connectivity index is 1.39. The van der Waals surface area contributed by atoms with Crippen molar-refractivity contribution in [3.05, 3.63) is 0 Å². The van der Waals surface area contributed by atoms with Crippen molar-refractivity contribution in [1.29, 1.82) is 0 Å². The molecule has 2 heterocycles. The van der Waals surface area contributed by atoms with E-state index in [4.69, 9.17) is 4.74 Å². The summed E-state index contributed by atoms with van der Waals surface area (Å²) in [7, 11) is 0. The van der Waals surface area contributed by atoms with Crippen LogP contribution < -0.4 is 0 Å². The van der Waals surface area contributed by atoms with Crippen LogP contribution in [-0.2, 0) is 9.53 Å². The molecule has 2 aliphatic carbocycles. The van der Waals surface area contributed by atoms with Gasteiger partial charge in [0.15, 0.2) is 0 Å². The Labute approximate surface area is 206 Å². The molecule has 2 saturated carbocycles. The number of ether oxygens (including phenoxy) is 1. The molecule has 7 nitrogen and oxygen atoms in total. The molecule has 2 aliphatic heterocycles. The molecule has 1 atom stereocenters. The van der Waals surface area contributed by atoms with Gasteiger partial charge in [0.2, 0.25) is 5.91 Å². The molecular weight excluding hydrogens is 430 g/mol. The van der Waals surface area contributed by atoms with Crippen LogP contribution >= 0.6 is 0 Å². The highest BCUT2D eigenvalue weighted by Crippen LogP contribution is 2.51. The standard InChI is InChI=1S/C27H47N3O4/c1-24(2,3)34-23(32)30-15-14-27(33,26(19-30)10-6-7-11-26)20-29-17-16-28(18-22(29)31)21-8-12-25(4,5)13-9-21/h21,33H,6-20H2,1-5H3. The van der Waals surface area contributed by atoms with Crippen LogP contribution in [0.5, 0.6) is 0 Å². The maximum absolute atomic E-state index is 13.2. The minimum absolute atomic E-state index is 0.146. The van der Waals surface area contributed by atoms with Crippen LogP contribution in [0.15, 0.2) is 0 Å². The summed E-state index contributed by atoms with van der Waals surface area (Å²) in [5.41, 5.74) is -1.41. The highest BCUT2D eigenvalue weighted by Gasteiger charge is 2.57. The van der Waals surface area contributed by atoms with E-state index in [0.717, 1.165) is 32.2 Å². The number of nitrogens with zero attached hydrogens (tertiary/aromatic N) is 3. The largest absolute Gasteiger partial charge is 0.444 e. The Morgan fingerprint density at radius 2 is 1.68 bits per heavy atom. The average Bonchev–Trinajstić information content (AvgIpc) is 3.21. The molecule has 4 fully saturated rings. The van der Waals surface area contributed by atoms with Gasteiger partial charge in [-0.3, -0.25) is 9.69 Å². The Morgan fingerprint density at radius 3 is 2.26 bits per heavy atom. The second kappa shape index (κ2) is 9.27. The lowest BCUT2D eigenvalue weighted by atomic mass is 9.65. The molecule has 4 rings (SSSR count). The van der Waals surface area contributed by atoms with E-state index in [-0.39, 0.29) is 17.4 Å². The molecule has 0 aromatic carbocycles. The lowest BCUT2D eigenvalue weighted by Crippen LogP contribution is -2.66. The van der Waals surface area contributed by atoms with Crippen LogP contribution in [0.25, 0.3) is 0 Å². The van der Waals surface area contributed by atoms with E-state index in [0.29, 0.717) is 50.6 Å². The van der Waals surface area contributed by atoms with Gasteiger partial charge in [-0.15, -0.1) is 0 Å². The van der Waals surface area contributed by atoms with Crippen molar-refractivity contribution in [3.63, 3.8) is 0 Å². The molecule has 0 aromatic rings. The van der Waals surface area contributed by atoms with Crippen LogP contribution in [0.4, 0.5) is 4.79 Å². The van der Waals surface area contributed by atoms with Gasteiger partial charge in [0.1, 0.15) is 5.60 Å². The maximum Gasteiger partial charge on any atom is 0.410 e. The van der Waals surface area contributed by atoms with Gasteiger partial charge in [0.05, 0.1) is 18.7 Å². The van der Waals surface area contributed by atoms with Crippen molar-refractivity contribution < 1.29 is 19.4 Å². The Bertz CT molecular complexity index is 760. The molecule has 1 N–H and O–H groups in total. The third-order valence-corrected chi connectivity index (χ3v) is 9.11. The highest BCUT2D eigenvalue weighted by molar-refractivity contribution is 5.79. The van der Waals surface area contributed by atoms with Gasteiger partial charge in [0.25, 0.3) is 0 Å². The lowest BCUT2D eigenvalue weighted by molar-refractivity contribution is -0.162. The minimum atomic E-state index is -0.950. The number of amides is 2. The number of piperazine rings is 1. The Kier molecular flexibility index (Phi) is 7.02. The first kappa shape index (κ1) is 25.7. The minimum Gasteiger partial charge on any atom is -0.444 e. The van der Waals surface area contributed by atoms with Crippen molar-refractivity contribution >= 4 is 12.0 Å². The Hall–Kier alpha value is -1.34. The number of β-amino-alcohol motifs (C(OH)–C–C–N with tert-alkyl or cyclic N) is 1. The van der Waals surface area contributed by atoms with Gasteiger partial charge in [0, 0.05) is 37.6 Å². The normalized spacial score (nSPS) is 30.7. The summed E-state index contributed by atoms with van der Waals surface area (Å²) in [6.07, 6.45) is 8.92. The summed E-state index contributed by atoms with van der Waals surface area (Å²) in [5.74, 6) is 0.146. The fraction of sp³-hybridized carbons (Fsp3) is 0.926. The zero-order valence-corrected chi connectivity index (χ0v) is 22.2. The predicted octanol–water partition coefficient (Wildman–Crippen LogP) is 4.03. The van der Waals surface area contributed by atoms with Crippen molar-refractivity contribution in [2.24, 2.45) is 10.8 Å². The number of carbonyl (C=O) groups is 2. The number of rotatable bonds is 3. The van der Waals surface area contributed by atoms with Crippen molar-refractivity contribution in [1.82, 2.24) is 14.7 Å². The van der Waals surface area contributed by atoms with E-state index in [9.17, 15) is 14.7 Å². The van der Waals surface area contributed by atoms with Gasteiger partial charge >= 0.3 is 6.09 Å². The summed E-state index contributed by atoms with van der Waals surface area (Å²) in [5, 5.41) is 12.0. The van der Waals surface area contributed by atoms with Gasteiger partial charge in [-0.1, -0.05) is 26.7 Å². The molecule has 2 amide bonds. The second-order valence-electron chi connectivity index (χ2n) is 13.4. The summed E-state index contributed by atoms with van der Waals surface area (Å²) in [6.45, 7) is 13.8. The third-order valence-electron chi connectivity index (χ3n) is 9.11. The SMILES string of the molecule is CC1(C)CCC(N2CCN(CC3(O)CCN(C(=O)OC(C)(C)C)CC34CCCC4)C(=O)C2)CC1. The molecule has 0 aromatic heterocycles. The topological polar surface area (TPSA) is 73.3 Å². The monoisotopic (exact) mass is 477 g/mol. The van der Waals surface area contributed by atoms with E-state index in [2.05, 4.69) is 18.7 Å². The summed E-state index contributed by atoms with van der Waals surface area (Å²) < 4.78 is 5.63. The van der Waals surface area contributed by atoms with Gasteiger partial charge < -0.3 is 19.6 Å². The highest BCUT2D eigenvalue weighted by atomic mass is 16.6. The first-order valence-electron chi connectivity index (χ1n) is 13.5. The van der Waals surface area contributed by atoms with Crippen LogP contribution in [0.2, 0.25) is 0 Å². The summed E-state index contributed by atoms with van der Waals surface area (Å²) in [4.78, 5) is 32.1. The van der Waals surface area contributed by atoms with Crippen LogP contribution in [0.3, 0.4) is 0 Å². The molecule has 1 spiro atoms. The number of likely N-dealkylation sites (tertiary alicyclic amines) is 1. The number of hydrogen-bond acceptors (Lipinski definition) is 5. The first-order chi connectivity index (χ1) is 15.8. The van der Waals surface area contributed by atoms with E-state index in [1.54, 1.807) is 4.90 Å². The molecule has 34 heavy (non-hydrogen) atoms. The first-order valence-corrected chi connectivity index (χ1v) is 13.5. The van der Waals surface area contributed by atoms with E-state index >= 15 is 0 Å². The quantitative estimate of drug-likeness (QED) is 0.664. The van der Waals surface area contributed by atoms with Crippen LogP contribution in [0.1, 0.15) is 92.4 Å². The van der Waals surface area contributed by atoms with Gasteiger partial charge in [-0.25, -0.2) is 4.79 Å². The summed E-state index contributed by atoms with van der Waals surface area (Å²) in [6, 6.07) is 0.514. The van der Waals surface area contributed by atoms with E-state index in [1.807, 2.05) is 25.7 Å². The number of carbonyl (C=O) groups excluding carboxylic acids is 2. The van der Waals surface area contributed by atoms with Gasteiger partial charge in [-0.2, -0.15) is 0 Å². The zero-order chi connectivity index (χ0) is 24.8. The second-order valence-corrected chi connectivity index (χ2v) is 13.4. The third kappa shape index (κ3) is 5.40. The number of hydrogen-bond donors (Lipinski definition) is 1. The smallest absolute Gasteiger partial charge is 0.410 e. The molecule has 7 heteroatoms. The predicted molar refractivity (Wildman–Crippen MR) is 132 cm³/mol. The molecule has 1 unspecified atom stereocenters. The average molecular weight is 478 g/mol. The molecule has 2 saturated heterocycles. The van der Waals surface area contributed by atoms with Crippen molar-refractivity contribution in [2.45, 2.75) is 110 Å². The van der Waals surface area contributed by atoms with E-state index in [1.165, 1.54) is 25.7 Å². The maximum atomic E-state index is 13.2. The van der Waals surface area contributed by atoms with Crippen molar-refractivity contribution in [3.8, 4) is 0 Å². The molecule has 194 valence electrons. The molecule has 0 radical (unpaired) electrons. The Morgan fingerprint density at radius 1 is 1.03 bits per heavy atom. The zero-order valence-electron chi connectivity index (χ0n) is 22.2. The molecular formula is C27H47N3O4.